The van der Waals surface area contributed by atoms with Crippen molar-refractivity contribution in [2.75, 3.05) is 26.4 Å². The minimum Gasteiger partial charge on any atom is -0.490 e. The summed E-state index contributed by atoms with van der Waals surface area (Å²) in [5.74, 6) is 1.34. The molecule has 1 N–H and O–H groups in total. The van der Waals surface area contributed by atoms with E-state index in [4.69, 9.17) is 25.8 Å². The molecule has 118 valence electrons. The van der Waals surface area contributed by atoms with Crippen molar-refractivity contribution in [2.45, 2.75) is 39.3 Å². The van der Waals surface area contributed by atoms with Crippen LogP contribution in [0.25, 0.3) is 0 Å². The molecule has 0 unspecified atom stereocenters. The first-order valence-electron chi connectivity index (χ1n) is 7.65. The van der Waals surface area contributed by atoms with Crippen LogP contribution in [0.3, 0.4) is 0 Å². The molecule has 0 spiro atoms. The van der Waals surface area contributed by atoms with Gasteiger partial charge in [-0.25, -0.2) is 0 Å². The number of ether oxygens (including phenoxy) is 3. The van der Waals surface area contributed by atoms with Gasteiger partial charge < -0.3 is 19.5 Å². The van der Waals surface area contributed by atoms with E-state index in [1.165, 1.54) is 0 Å². The Labute approximate surface area is 131 Å². The van der Waals surface area contributed by atoms with Crippen molar-refractivity contribution in [3.63, 3.8) is 0 Å². The third-order valence-corrected chi connectivity index (χ3v) is 3.66. The molecule has 0 radical (unpaired) electrons. The monoisotopic (exact) mass is 313 g/mol. The van der Waals surface area contributed by atoms with Gasteiger partial charge in [-0.2, -0.15) is 0 Å². The summed E-state index contributed by atoms with van der Waals surface area (Å²) in [7, 11) is 0. The first-order chi connectivity index (χ1) is 10.2. The van der Waals surface area contributed by atoms with E-state index in [1.54, 1.807) is 0 Å². The molecule has 5 heteroatoms. The zero-order valence-electron chi connectivity index (χ0n) is 12.8. The first-order valence-corrected chi connectivity index (χ1v) is 8.02. The Kier molecular flexibility index (Phi) is 6.61. The number of benzene rings is 1. The minimum atomic E-state index is 0.342. The summed E-state index contributed by atoms with van der Waals surface area (Å²) in [4.78, 5) is 0. The van der Waals surface area contributed by atoms with E-state index in [-0.39, 0.29) is 0 Å². The lowest BCUT2D eigenvalue weighted by Gasteiger charge is -2.15. The second-order valence-corrected chi connectivity index (χ2v) is 5.44. The van der Waals surface area contributed by atoms with Crippen molar-refractivity contribution >= 4 is 11.6 Å². The lowest BCUT2D eigenvalue weighted by atomic mass is 10.2. The van der Waals surface area contributed by atoms with Crippen LogP contribution in [0.15, 0.2) is 12.1 Å². The molecule has 0 aromatic heterocycles. The maximum atomic E-state index is 6.30. The molecule has 1 aromatic carbocycles. The Balaban J connectivity index is 1.98. The highest BCUT2D eigenvalue weighted by Crippen LogP contribution is 2.36. The van der Waals surface area contributed by atoms with Crippen molar-refractivity contribution in [3.05, 3.63) is 22.7 Å². The molecule has 4 nitrogen and oxygen atoms in total. The largest absolute Gasteiger partial charge is 0.490 e. The van der Waals surface area contributed by atoms with Gasteiger partial charge in [-0.3, -0.25) is 0 Å². The highest BCUT2D eigenvalue weighted by atomic mass is 35.5. The molecule has 1 heterocycles. The van der Waals surface area contributed by atoms with Gasteiger partial charge in [-0.1, -0.05) is 11.6 Å². The molecule has 1 fully saturated rings. The fraction of sp³-hybridized carbons (Fsp3) is 0.625. The fourth-order valence-corrected chi connectivity index (χ4v) is 2.74. The maximum Gasteiger partial charge on any atom is 0.179 e. The van der Waals surface area contributed by atoms with Gasteiger partial charge in [0.15, 0.2) is 11.5 Å². The average molecular weight is 314 g/mol. The van der Waals surface area contributed by atoms with Crippen LogP contribution >= 0.6 is 11.6 Å². The molecular weight excluding hydrogens is 290 g/mol. The standard InChI is InChI=1S/C16H24ClNO3/c1-3-19-15-9-12(8-14(17)16(15)20-4-2)10-18-11-13-6-5-7-21-13/h8-9,13,18H,3-7,10-11H2,1-2H3/t13-/m1/s1. The van der Waals surface area contributed by atoms with Crippen LogP contribution in [0.4, 0.5) is 0 Å². The number of rotatable bonds is 8. The van der Waals surface area contributed by atoms with Crippen LogP contribution in [0.5, 0.6) is 11.5 Å². The predicted molar refractivity (Wildman–Crippen MR) is 84.5 cm³/mol. The van der Waals surface area contributed by atoms with E-state index in [9.17, 15) is 0 Å². The smallest absolute Gasteiger partial charge is 0.179 e. The molecule has 0 aliphatic carbocycles. The summed E-state index contributed by atoms with van der Waals surface area (Å²) in [5.41, 5.74) is 1.09. The Morgan fingerprint density at radius 3 is 2.76 bits per heavy atom. The van der Waals surface area contributed by atoms with Crippen LogP contribution in [-0.2, 0) is 11.3 Å². The lowest BCUT2D eigenvalue weighted by molar-refractivity contribution is 0.110. The van der Waals surface area contributed by atoms with Crippen LogP contribution in [0, 0.1) is 0 Å². The van der Waals surface area contributed by atoms with Gasteiger partial charge in [0.25, 0.3) is 0 Å². The fourth-order valence-electron chi connectivity index (χ4n) is 2.45. The Bertz CT molecular complexity index is 447. The summed E-state index contributed by atoms with van der Waals surface area (Å²) < 4.78 is 16.8. The van der Waals surface area contributed by atoms with Crippen LogP contribution < -0.4 is 14.8 Å². The predicted octanol–water partition coefficient (Wildman–Crippen LogP) is 3.41. The number of hydrogen-bond acceptors (Lipinski definition) is 4. The second kappa shape index (κ2) is 8.47. The van der Waals surface area contributed by atoms with E-state index in [0.29, 0.717) is 35.8 Å². The van der Waals surface area contributed by atoms with E-state index in [2.05, 4.69) is 5.32 Å². The van der Waals surface area contributed by atoms with Gasteiger partial charge in [0.1, 0.15) is 0 Å². The third-order valence-electron chi connectivity index (χ3n) is 3.38. The molecule has 1 aromatic rings. The van der Waals surface area contributed by atoms with E-state index in [0.717, 1.165) is 38.1 Å². The molecule has 1 saturated heterocycles. The molecule has 1 aliphatic rings. The van der Waals surface area contributed by atoms with Gasteiger partial charge in [0.2, 0.25) is 0 Å². The molecular formula is C16H24ClNO3. The molecule has 21 heavy (non-hydrogen) atoms. The normalized spacial score (nSPS) is 18.0. The van der Waals surface area contributed by atoms with Crippen LogP contribution in [-0.4, -0.2) is 32.5 Å². The van der Waals surface area contributed by atoms with E-state index in [1.807, 2.05) is 26.0 Å². The van der Waals surface area contributed by atoms with Crippen molar-refractivity contribution in [3.8, 4) is 11.5 Å². The molecule has 1 atom stereocenters. The van der Waals surface area contributed by atoms with Gasteiger partial charge in [0.05, 0.1) is 24.3 Å². The summed E-state index contributed by atoms with van der Waals surface area (Å²) >= 11 is 6.30. The molecule has 0 amide bonds. The molecule has 2 rings (SSSR count). The number of halogens is 1. The molecule has 0 saturated carbocycles. The maximum absolute atomic E-state index is 6.30. The number of hydrogen-bond donors (Lipinski definition) is 1. The van der Waals surface area contributed by atoms with E-state index >= 15 is 0 Å². The van der Waals surface area contributed by atoms with E-state index < -0.39 is 0 Å². The summed E-state index contributed by atoms with van der Waals surface area (Å²) in [6.07, 6.45) is 2.64. The summed E-state index contributed by atoms with van der Waals surface area (Å²) in [6.45, 7) is 7.53. The quantitative estimate of drug-likeness (QED) is 0.798. The van der Waals surface area contributed by atoms with Crippen molar-refractivity contribution in [1.82, 2.24) is 5.32 Å². The Morgan fingerprint density at radius 2 is 2.10 bits per heavy atom. The topological polar surface area (TPSA) is 39.7 Å². The third kappa shape index (κ3) is 4.77. The Hall–Kier alpha value is -0.970. The van der Waals surface area contributed by atoms with Crippen LogP contribution in [0.2, 0.25) is 5.02 Å². The van der Waals surface area contributed by atoms with Crippen molar-refractivity contribution < 1.29 is 14.2 Å². The first kappa shape index (κ1) is 16.4. The van der Waals surface area contributed by atoms with Crippen molar-refractivity contribution in [2.24, 2.45) is 0 Å². The second-order valence-electron chi connectivity index (χ2n) is 5.04. The van der Waals surface area contributed by atoms with Crippen LogP contribution in [0.1, 0.15) is 32.3 Å². The average Bonchev–Trinajstić information content (AvgIpc) is 2.96. The molecule has 1 aliphatic heterocycles. The van der Waals surface area contributed by atoms with Gasteiger partial charge >= 0.3 is 0 Å². The highest BCUT2D eigenvalue weighted by molar-refractivity contribution is 6.32. The lowest BCUT2D eigenvalue weighted by Crippen LogP contribution is -2.25. The van der Waals surface area contributed by atoms with Gasteiger partial charge in [-0.15, -0.1) is 0 Å². The van der Waals surface area contributed by atoms with Gasteiger partial charge in [0, 0.05) is 19.7 Å². The molecule has 0 bridgehead atoms. The summed E-state index contributed by atoms with van der Waals surface area (Å²) in [6, 6.07) is 3.92. The zero-order valence-corrected chi connectivity index (χ0v) is 13.5. The summed E-state index contributed by atoms with van der Waals surface area (Å²) in [5, 5.41) is 4.01. The van der Waals surface area contributed by atoms with Crippen molar-refractivity contribution in [1.29, 1.82) is 0 Å². The van der Waals surface area contributed by atoms with Gasteiger partial charge in [-0.05, 0) is 44.4 Å². The Morgan fingerprint density at radius 1 is 1.29 bits per heavy atom. The number of nitrogens with one attached hydrogen (secondary N) is 1. The zero-order chi connectivity index (χ0) is 15.1. The highest BCUT2D eigenvalue weighted by Gasteiger charge is 2.15. The minimum absolute atomic E-state index is 0.342. The SMILES string of the molecule is CCOc1cc(CNC[C@H]2CCCO2)cc(Cl)c1OCC.